The van der Waals surface area contributed by atoms with Crippen molar-refractivity contribution >= 4 is 11.8 Å². The number of esters is 1. The second-order valence-corrected chi connectivity index (χ2v) is 8.12. The Kier molecular flexibility index (Phi) is 5.22. The second-order valence-electron chi connectivity index (χ2n) is 8.12. The Bertz CT molecular complexity index is 634. The highest BCUT2D eigenvalue weighted by molar-refractivity contribution is 6.05. The van der Waals surface area contributed by atoms with Crippen molar-refractivity contribution in [3.63, 3.8) is 0 Å². The summed E-state index contributed by atoms with van der Waals surface area (Å²) in [6.07, 6.45) is 2.37. The molecular weight excluding hydrogens is 300 g/mol. The van der Waals surface area contributed by atoms with Crippen LogP contribution in [-0.4, -0.2) is 18.4 Å². The van der Waals surface area contributed by atoms with Crippen LogP contribution in [-0.2, 0) is 20.7 Å². The van der Waals surface area contributed by atoms with Crippen LogP contribution in [0, 0.1) is 31.6 Å². The minimum atomic E-state index is -0.969. The summed E-state index contributed by atoms with van der Waals surface area (Å²) in [6, 6.07) is 4.20. The predicted octanol–water partition coefficient (Wildman–Crippen LogP) is 4.48. The van der Waals surface area contributed by atoms with Crippen LogP contribution in [0.25, 0.3) is 0 Å². The fourth-order valence-corrected chi connectivity index (χ4v) is 4.16. The van der Waals surface area contributed by atoms with E-state index in [1.165, 1.54) is 5.56 Å². The summed E-state index contributed by atoms with van der Waals surface area (Å²) in [6.45, 7) is 12.5. The Balaban J connectivity index is 2.35. The van der Waals surface area contributed by atoms with Crippen LogP contribution in [0.1, 0.15) is 62.3 Å². The lowest BCUT2D eigenvalue weighted by Gasteiger charge is -2.28. The van der Waals surface area contributed by atoms with Gasteiger partial charge in [0, 0.05) is 6.42 Å². The highest BCUT2D eigenvalue weighted by Gasteiger charge is 2.54. The van der Waals surface area contributed by atoms with Gasteiger partial charge in [0.25, 0.3) is 0 Å². The van der Waals surface area contributed by atoms with E-state index in [1.54, 1.807) is 6.92 Å². The first-order valence-electron chi connectivity index (χ1n) is 8.88. The van der Waals surface area contributed by atoms with Gasteiger partial charge in [-0.25, -0.2) is 0 Å². The average Bonchev–Trinajstić information content (AvgIpc) is 2.80. The fraction of sp³-hybridized carbons (Fsp3) is 0.619. The van der Waals surface area contributed by atoms with Crippen molar-refractivity contribution < 1.29 is 14.3 Å². The number of ketones is 1. The Morgan fingerprint density at radius 2 is 1.67 bits per heavy atom. The number of rotatable bonds is 5. The molecule has 24 heavy (non-hydrogen) atoms. The van der Waals surface area contributed by atoms with Crippen molar-refractivity contribution in [2.45, 2.75) is 67.2 Å². The molecule has 0 amide bonds. The van der Waals surface area contributed by atoms with Crippen molar-refractivity contribution in [1.82, 2.24) is 0 Å². The van der Waals surface area contributed by atoms with Gasteiger partial charge < -0.3 is 4.74 Å². The van der Waals surface area contributed by atoms with E-state index >= 15 is 0 Å². The van der Waals surface area contributed by atoms with Crippen molar-refractivity contribution in [3.05, 3.63) is 34.4 Å². The molecule has 3 nitrogen and oxygen atoms in total. The van der Waals surface area contributed by atoms with E-state index < -0.39 is 5.41 Å². The number of carbonyl (C=O) groups is 2. The number of ether oxygens (including phenoxy) is 1. The molecule has 1 fully saturated rings. The number of Topliss-reactive ketones (excluding diaryl/α,β-unsaturated/α-hetero) is 1. The fourth-order valence-electron chi connectivity index (χ4n) is 4.16. The number of hydrogen-bond acceptors (Lipinski definition) is 3. The van der Waals surface area contributed by atoms with Crippen molar-refractivity contribution in [2.75, 3.05) is 6.61 Å². The van der Waals surface area contributed by atoms with E-state index in [9.17, 15) is 9.59 Å². The summed E-state index contributed by atoms with van der Waals surface area (Å²) in [7, 11) is 0. The van der Waals surface area contributed by atoms with Gasteiger partial charge in [0.1, 0.15) is 5.41 Å². The van der Waals surface area contributed by atoms with Gasteiger partial charge in [-0.15, -0.1) is 0 Å². The maximum absolute atomic E-state index is 13.2. The van der Waals surface area contributed by atoms with Crippen LogP contribution in [0.3, 0.4) is 0 Å². The van der Waals surface area contributed by atoms with E-state index in [0.717, 1.165) is 23.1 Å². The molecule has 1 aliphatic rings. The molecule has 0 saturated heterocycles. The van der Waals surface area contributed by atoms with Crippen LogP contribution < -0.4 is 0 Å². The number of benzene rings is 1. The summed E-state index contributed by atoms with van der Waals surface area (Å²) in [5.74, 6) is -0.315. The first kappa shape index (κ1) is 18.7. The van der Waals surface area contributed by atoms with Gasteiger partial charge >= 0.3 is 5.97 Å². The summed E-state index contributed by atoms with van der Waals surface area (Å²) in [5, 5.41) is 0. The molecule has 0 radical (unpaired) electrons. The first-order valence-corrected chi connectivity index (χ1v) is 8.88. The van der Waals surface area contributed by atoms with Crippen LogP contribution in [0.15, 0.2) is 12.1 Å². The highest BCUT2D eigenvalue weighted by Crippen LogP contribution is 2.51. The maximum Gasteiger partial charge on any atom is 0.319 e. The Labute approximate surface area is 145 Å². The topological polar surface area (TPSA) is 43.4 Å². The van der Waals surface area contributed by atoms with E-state index in [2.05, 4.69) is 32.9 Å². The van der Waals surface area contributed by atoms with Gasteiger partial charge in [0.2, 0.25) is 0 Å². The molecule has 2 rings (SSSR count). The summed E-state index contributed by atoms with van der Waals surface area (Å²) in [4.78, 5) is 25.9. The Hall–Kier alpha value is -1.64. The monoisotopic (exact) mass is 330 g/mol. The molecule has 1 aromatic carbocycles. The second kappa shape index (κ2) is 6.70. The molecule has 1 atom stereocenters. The van der Waals surface area contributed by atoms with Gasteiger partial charge in [-0.05, 0) is 69.1 Å². The van der Waals surface area contributed by atoms with Gasteiger partial charge in [0.15, 0.2) is 5.78 Å². The first-order chi connectivity index (χ1) is 11.1. The van der Waals surface area contributed by atoms with Gasteiger partial charge in [-0.3, -0.25) is 9.59 Å². The van der Waals surface area contributed by atoms with Crippen LogP contribution in [0.2, 0.25) is 0 Å². The molecule has 0 spiro atoms. The lowest BCUT2D eigenvalue weighted by Crippen LogP contribution is -2.40. The number of aryl methyl sites for hydroxylation is 3. The third kappa shape index (κ3) is 3.55. The Morgan fingerprint density at radius 1 is 1.08 bits per heavy atom. The third-order valence-electron chi connectivity index (χ3n) is 5.39. The van der Waals surface area contributed by atoms with Gasteiger partial charge in [-0.2, -0.15) is 0 Å². The molecule has 1 saturated carbocycles. The SMILES string of the molecule is CCOC(=O)C1(C(=O)Cc2c(C)cc(C)cc2C)CCC(C)(C)C1. The van der Waals surface area contributed by atoms with Crippen molar-refractivity contribution in [3.8, 4) is 0 Å². The lowest BCUT2D eigenvalue weighted by atomic mass is 9.75. The smallest absolute Gasteiger partial charge is 0.319 e. The van der Waals surface area contributed by atoms with E-state index in [4.69, 9.17) is 4.74 Å². The zero-order chi connectivity index (χ0) is 18.1. The summed E-state index contributed by atoms with van der Waals surface area (Å²) < 4.78 is 5.30. The number of carbonyl (C=O) groups excluding carboxylic acids is 2. The minimum absolute atomic E-state index is 0.000212. The minimum Gasteiger partial charge on any atom is -0.465 e. The average molecular weight is 330 g/mol. The molecule has 0 aliphatic heterocycles. The third-order valence-corrected chi connectivity index (χ3v) is 5.39. The molecule has 0 heterocycles. The number of hydrogen-bond donors (Lipinski definition) is 0. The maximum atomic E-state index is 13.2. The van der Waals surface area contributed by atoms with Crippen LogP contribution in [0.4, 0.5) is 0 Å². The summed E-state index contributed by atoms with van der Waals surface area (Å²) >= 11 is 0. The molecule has 1 aliphatic carbocycles. The van der Waals surface area contributed by atoms with Gasteiger partial charge in [-0.1, -0.05) is 31.5 Å². The molecule has 132 valence electrons. The van der Waals surface area contributed by atoms with E-state index in [1.807, 2.05) is 13.8 Å². The zero-order valence-corrected chi connectivity index (χ0v) is 15.9. The van der Waals surface area contributed by atoms with Crippen LogP contribution in [0.5, 0.6) is 0 Å². The van der Waals surface area contributed by atoms with E-state index in [-0.39, 0.29) is 17.2 Å². The van der Waals surface area contributed by atoms with Crippen LogP contribution >= 0.6 is 0 Å². The molecular formula is C21H30O3. The summed E-state index contributed by atoms with van der Waals surface area (Å²) in [5.41, 5.74) is 3.53. The quantitative estimate of drug-likeness (QED) is 0.590. The zero-order valence-electron chi connectivity index (χ0n) is 15.9. The van der Waals surface area contributed by atoms with E-state index in [0.29, 0.717) is 25.9 Å². The van der Waals surface area contributed by atoms with Crippen molar-refractivity contribution in [1.29, 1.82) is 0 Å². The molecule has 3 heteroatoms. The molecule has 0 bridgehead atoms. The Morgan fingerprint density at radius 3 is 2.12 bits per heavy atom. The molecule has 1 aromatic rings. The highest BCUT2D eigenvalue weighted by atomic mass is 16.5. The standard InChI is InChI=1S/C21H30O3/c1-7-24-19(23)21(9-8-20(5,6)13-21)18(22)12-17-15(3)10-14(2)11-16(17)4/h10-11H,7-9,12-13H2,1-6H3. The van der Waals surface area contributed by atoms with Crippen molar-refractivity contribution in [2.24, 2.45) is 10.8 Å². The molecule has 1 unspecified atom stereocenters. The largest absolute Gasteiger partial charge is 0.465 e. The normalized spacial score (nSPS) is 22.4. The lowest BCUT2D eigenvalue weighted by molar-refractivity contribution is -0.160. The molecule has 0 N–H and O–H groups in total. The molecule has 0 aromatic heterocycles. The van der Waals surface area contributed by atoms with Gasteiger partial charge in [0.05, 0.1) is 6.61 Å². The predicted molar refractivity (Wildman–Crippen MR) is 96.1 cm³/mol.